The molecule has 0 unspecified atom stereocenters. The fourth-order valence-electron chi connectivity index (χ4n) is 2.50. The van der Waals surface area contributed by atoms with Gasteiger partial charge in [-0.05, 0) is 51.4 Å². The predicted molar refractivity (Wildman–Crippen MR) is 115 cm³/mol. The van der Waals surface area contributed by atoms with Crippen molar-refractivity contribution in [3.05, 3.63) is 24.3 Å². The Bertz CT molecular complexity index is 382. The van der Waals surface area contributed by atoms with E-state index in [1.807, 2.05) is 0 Å². The third kappa shape index (κ3) is 20.5. The molecule has 0 aliphatic carbocycles. The number of hydrogen-bond donors (Lipinski definition) is 3. The van der Waals surface area contributed by atoms with Crippen molar-refractivity contribution in [2.45, 2.75) is 78.1 Å². The summed E-state index contributed by atoms with van der Waals surface area (Å²) in [7, 11) is 0. The van der Waals surface area contributed by atoms with Crippen LogP contribution in [-0.2, 0) is 9.59 Å². The van der Waals surface area contributed by atoms with E-state index in [2.05, 4.69) is 54.1 Å². The molecule has 5 heteroatoms. The molecule has 0 aromatic heterocycles. The lowest BCUT2D eigenvalue weighted by molar-refractivity contribution is -0.121. The number of amides is 2. The van der Waals surface area contributed by atoms with Crippen molar-refractivity contribution in [2.75, 3.05) is 26.2 Å². The summed E-state index contributed by atoms with van der Waals surface area (Å²) in [6.45, 7) is 6.98. The second-order valence-corrected chi connectivity index (χ2v) is 6.70. The van der Waals surface area contributed by atoms with Crippen molar-refractivity contribution in [2.24, 2.45) is 0 Å². The van der Waals surface area contributed by atoms with E-state index in [1.165, 1.54) is 0 Å². The van der Waals surface area contributed by atoms with Crippen molar-refractivity contribution in [1.82, 2.24) is 16.0 Å². The SMILES string of the molecule is CC/C=C\CCCCNC(=O)CCNCCC(=O)NCCCC/C=C\CC. The van der Waals surface area contributed by atoms with E-state index >= 15 is 0 Å². The molecule has 0 saturated carbocycles. The zero-order valence-corrected chi connectivity index (χ0v) is 17.5. The first-order valence-electron chi connectivity index (χ1n) is 10.7. The molecule has 0 fully saturated rings. The number of nitrogens with one attached hydrogen (secondary N) is 3. The standard InChI is InChI=1S/C22H41N3O2/c1-3-5-7-9-11-13-17-24-21(26)15-19-23-20-16-22(27)25-18-14-12-10-8-6-4-2/h5-8,23H,3-4,9-20H2,1-2H3,(H,24,26)(H,25,27)/b7-5-,8-6-. The Morgan fingerprint density at radius 2 is 1.07 bits per heavy atom. The molecule has 2 amide bonds. The summed E-state index contributed by atoms with van der Waals surface area (Å²) in [6.07, 6.45) is 18.3. The van der Waals surface area contributed by atoms with Crippen LogP contribution in [0.3, 0.4) is 0 Å². The van der Waals surface area contributed by atoms with E-state index in [9.17, 15) is 9.59 Å². The van der Waals surface area contributed by atoms with Gasteiger partial charge in [0, 0.05) is 39.0 Å². The molecule has 5 nitrogen and oxygen atoms in total. The Hall–Kier alpha value is -1.62. The fraction of sp³-hybridized carbons (Fsp3) is 0.727. The van der Waals surface area contributed by atoms with Crippen LogP contribution in [0.25, 0.3) is 0 Å². The lowest BCUT2D eigenvalue weighted by Gasteiger charge is -2.07. The molecule has 0 radical (unpaired) electrons. The zero-order chi connectivity index (χ0) is 20.0. The van der Waals surface area contributed by atoms with Gasteiger partial charge in [0.2, 0.25) is 11.8 Å². The molecule has 3 N–H and O–H groups in total. The number of carbonyl (C=O) groups excluding carboxylic acids is 2. The molecule has 0 spiro atoms. The maximum absolute atomic E-state index is 11.7. The maximum Gasteiger partial charge on any atom is 0.221 e. The highest BCUT2D eigenvalue weighted by atomic mass is 16.2. The topological polar surface area (TPSA) is 70.2 Å². The number of unbranched alkanes of at least 4 members (excludes halogenated alkanes) is 4. The molecule has 0 aliphatic heterocycles. The van der Waals surface area contributed by atoms with Crippen molar-refractivity contribution in [3.8, 4) is 0 Å². The molecule has 0 rings (SSSR count). The lowest BCUT2D eigenvalue weighted by atomic mass is 10.2. The minimum Gasteiger partial charge on any atom is -0.356 e. The summed E-state index contributed by atoms with van der Waals surface area (Å²) >= 11 is 0. The average Bonchev–Trinajstić information content (AvgIpc) is 2.66. The number of carbonyl (C=O) groups is 2. The van der Waals surface area contributed by atoms with E-state index in [4.69, 9.17) is 0 Å². The van der Waals surface area contributed by atoms with Gasteiger partial charge in [-0.1, -0.05) is 38.2 Å². The fourth-order valence-corrected chi connectivity index (χ4v) is 2.50. The molecule has 0 aliphatic rings. The second kappa shape index (κ2) is 20.7. The van der Waals surface area contributed by atoms with Gasteiger partial charge in [0.25, 0.3) is 0 Å². The number of rotatable bonds is 18. The minimum atomic E-state index is 0.0770. The highest BCUT2D eigenvalue weighted by molar-refractivity contribution is 5.76. The van der Waals surface area contributed by atoms with Gasteiger partial charge >= 0.3 is 0 Å². The van der Waals surface area contributed by atoms with Gasteiger partial charge in [0.15, 0.2) is 0 Å². The zero-order valence-electron chi connectivity index (χ0n) is 17.5. The lowest BCUT2D eigenvalue weighted by Crippen LogP contribution is -2.31. The summed E-state index contributed by atoms with van der Waals surface area (Å²) in [5.74, 6) is 0.154. The summed E-state index contributed by atoms with van der Waals surface area (Å²) in [4.78, 5) is 23.4. The first-order valence-corrected chi connectivity index (χ1v) is 10.7. The van der Waals surface area contributed by atoms with Crippen LogP contribution in [0.2, 0.25) is 0 Å². The van der Waals surface area contributed by atoms with Gasteiger partial charge < -0.3 is 16.0 Å². The van der Waals surface area contributed by atoms with Crippen LogP contribution in [0.5, 0.6) is 0 Å². The van der Waals surface area contributed by atoms with Crippen molar-refractivity contribution < 1.29 is 9.59 Å². The Kier molecular flexibility index (Phi) is 19.4. The van der Waals surface area contributed by atoms with Gasteiger partial charge in [-0.15, -0.1) is 0 Å². The predicted octanol–water partition coefficient (Wildman–Crippen LogP) is 3.86. The molecular weight excluding hydrogens is 338 g/mol. The minimum absolute atomic E-state index is 0.0770. The summed E-state index contributed by atoms with van der Waals surface area (Å²) in [5.41, 5.74) is 0. The van der Waals surface area contributed by atoms with Gasteiger partial charge in [-0.2, -0.15) is 0 Å². The molecule has 0 aromatic carbocycles. The molecule has 27 heavy (non-hydrogen) atoms. The molecule has 0 atom stereocenters. The van der Waals surface area contributed by atoms with Crippen LogP contribution in [0.4, 0.5) is 0 Å². The van der Waals surface area contributed by atoms with Gasteiger partial charge in [-0.25, -0.2) is 0 Å². The van der Waals surface area contributed by atoms with Gasteiger partial charge in [-0.3, -0.25) is 9.59 Å². The van der Waals surface area contributed by atoms with Crippen molar-refractivity contribution in [1.29, 1.82) is 0 Å². The van der Waals surface area contributed by atoms with Gasteiger partial charge in [0.05, 0.1) is 0 Å². The number of hydrogen-bond acceptors (Lipinski definition) is 3. The van der Waals surface area contributed by atoms with E-state index < -0.39 is 0 Å². The van der Waals surface area contributed by atoms with Gasteiger partial charge in [0.1, 0.15) is 0 Å². The molecule has 0 saturated heterocycles. The van der Waals surface area contributed by atoms with E-state index in [-0.39, 0.29) is 11.8 Å². The van der Waals surface area contributed by atoms with E-state index in [0.29, 0.717) is 25.9 Å². The Labute approximate surface area is 166 Å². The Morgan fingerprint density at radius 3 is 1.48 bits per heavy atom. The molecular formula is C22H41N3O2. The maximum atomic E-state index is 11.7. The second-order valence-electron chi connectivity index (χ2n) is 6.70. The van der Waals surface area contributed by atoms with Crippen LogP contribution in [0, 0.1) is 0 Å². The monoisotopic (exact) mass is 379 g/mol. The van der Waals surface area contributed by atoms with Crippen LogP contribution < -0.4 is 16.0 Å². The van der Waals surface area contributed by atoms with E-state index in [1.54, 1.807) is 0 Å². The smallest absolute Gasteiger partial charge is 0.221 e. The highest BCUT2D eigenvalue weighted by Crippen LogP contribution is 1.97. The first kappa shape index (κ1) is 25.4. The van der Waals surface area contributed by atoms with Crippen molar-refractivity contribution in [3.63, 3.8) is 0 Å². The first-order chi connectivity index (χ1) is 13.2. The Morgan fingerprint density at radius 1 is 0.630 bits per heavy atom. The van der Waals surface area contributed by atoms with Crippen LogP contribution >= 0.6 is 0 Å². The Balaban J connectivity index is 3.36. The molecule has 0 aromatic rings. The normalized spacial score (nSPS) is 11.3. The molecule has 0 heterocycles. The largest absolute Gasteiger partial charge is 0.356 e. The van der Waals surface area contributed by atoms with Crippen molar-refractivity contribution >= 4 is 11.8 Å². The number of allylic oxidation sites excluding steroid dienone is 4. The summed E-state index contributed by atoms with van der Waals surface area (Å²) in [6, 6.07) is 0. The highest BCUT2D eigenvalue weighted by Gasteiger charge is 2.02. The van der Waals surface area contributed by atoms with Crippen LogP contribution in [0.1, 0.15) is 78.1 Å². The van der Waals surface area contributed by atoms with Crippen LogP contribution in [-0.4, -0.2) is 38.0 Å². The third-order valence-corrected chi connectivity index (χ3v) is 4.10. The average molecular weight is 380 g/mol. The molecule has 0 bridgehead atoms. The summed E-state index contributed by atoms with van der Waals surface area (Å²) in [5, 5.41) is 9.03. The molecule has 156 valence electrons. The third-order valence-electron chi connectivity index (χ3n) is 4.10. The van der Waals surface area contributed by atoms with E-state index in [0.717, 1.165) is 64.5 Å². The van der Waals surface area contributed by atoms with Crippen LogP contribution in [0.15, 0.2) is 24.3 Å². The summed E-state index contributed by atoms with van der Waals surface area (Å²) < 4.78 is 0. The quantitative estimate of drug-likeness (QED) is 0.250.